The van der Waals surface area contributed by atoms with Crippen LogP contribution in [0.3, 0.4) is 0 Å². The summed E-state index contributed by atoms with van der Waals surface area (Å²) in [5.41, 5.74) is 0. The van der Waals surface area contributed by atoms with E-state index in [0.29, 0.717) is 31.0 Å². The van der Waals surface area contributed by atoms with Crippen LogP contribution in [0.15, 0.2) is 24.3 Å². The minimum atomic E-state index is -0.633. The molecule has 0 saturated carbocycles. The molecule has 0 saturated heterocycles. The number of benzene rings is 1. The number of hydrogen-bond acceptors (Lipinski definition) is 5. The van der Waals surface area contributed by atoms with E-state index >= 15 is 0 Å². The molecule has 1 aromatic rings. The number of methoxy groups -OCH3 is 1. The van der Waals surface area contributed by atoms with Crippen molar-refractivity contribution >= 4 is 5.91 Å². The van der Waals surface area contributed by atoms with Crippen LogP contribution >= 0.6 is 0 Å². The molecule has 0 aliphatic carbocycles. The van der Waals surface area contributed by atoms with E-state index in [1.807, 2.05) is 12.1 Å². The summed E-state index contributed by atoms with van der Waals surface area (Å²) in [5, 5.41) is 15.3. The van der Waals surface area contributed by atoms with E-state index in [-0.39, 0.29) is 12.5 Å². The summed E-state index contributed by atoms with van der Waals surface area (Å²) in [7, 11) is 3.18. The normalized spacial score (nSPS) is 11.8. The van der Waals surface area contributed by atoms with Crippen LogP contribution < -0.4 is 20.1 Å². The van der Waals surface area contributed by atoms with Gasteiger partial charge in [0, 0.05) is 32.6 Å². The number of aliphatic hydroxyl groups excluding tert-OH is 1. The monoisotopic (exact) mass is 282 g/mol. The fourth-order valence-corrected chi connectivity index (χ4v) is 1.54. The second-order valence-corrected chi connectivity index (χ2v) is 4.27. The predicted molar refractivity (Wildman–Crippen MR) is 76.0 cm³/mol. The van der Waals surface area contributed by atoms with Crippen molar-refractivity contribution in [2.24, 2.45) is 0 Å². The van der Waals surface area contributed by atoms with E-state index in [9.17, 15) is 9.90 Å². The number of aliphatic hydroxyl groups is 1. The van der Waals surface area contributed by atoms with Crippen molar-refractivity contribution in [2.45, 2.75) is 12.5 Å². The molecule has 3 N–H and O–H groups in total. The van der Waals surface area contributed by atoms with Gasteiger partial charge >= 0.3 is 0 Å². The summed E-state index contributed by atoms with van der Waals surface area (Å²) in [6, 6.07) is 7.20. The number of nitrogens with one attached hydrogen (secondary N) is 2. The lowest BCUT2D eigenvalue weighted by Gasteiger charge is -2.13. The lowest BCUT2D eigenvalue weighted by atomic mass is 10.3. The average Bonchev–Trinajstić information content (AvgIpc) is 2.49. The molecule has 1 amide bonds. The molecule has 1 atom stereocenters. The zero-order valence-electron chi connectivity index (χ0n) is 11.9. The number of ether oxygens (including phenoxy) is 2. The smallest absolute Gasteiger partial charge is 0.221 e. The van der Waals surface area contributed by atoms with Crippen LogP contribution in [-0.4, -0.2) is 51.0 Å². The molecule has 0 bridgehead atoms. The SMILES string of the molecule is CNC(=O)CCNCC(O)COc1cccc(OC)c1. The van der Waals surface area contributed by atoms with Crippen LogP contribution in [0, 0.1) is 0 Å². The molecule has 0 aliphatic heterocycles. The lowest BCUT2D eigenvalue weighted by molar-refractivity contribution is -0.120. The maximum Gasteiger partial charge on any atom is 0.221 e. The van der Waals surface area contributed by atoms with E-state index in [2.05, 4.69) is 10.6 Å². The second-order valence-electron chi connectivity index (χ2n) is 4.27. The standard InChI is InChI=1S/C14H22N2O4/c1-15-14(18)6-7-16-9-11(17)10-20-13-5-3-4-12(8-13)19-2/h3-5,8,11,16-17H,6-7,9-10H2,1-2H3,(H,15,18). The van der Waals surface area contributed by atoms with Gasteiger partial charge in [-0.1, -0.05) is 6.07 Å². The Morgan fingerprint density at radius 2 is 2.15 bits per heavy atom. The van der Waals surface area contributed by atoms with Crippen LogP contribution in [0.25, 0.3) is 0 Å². The predicted octanol–water partition coefficient (Wildman–Crippen LogP) is 0.161. The summed E-state index contributed by atoms with van der Waals surface area (Å²) in [5.74, 6) is 1.33. The minimum Gasteiger partial charge on any atom is -0.497 e. The first-order valence-electron chi connectivity index (χ1n) is 6.52. The Bertz CT molecular complexity index is 412. The highest BCUT2D eigenvalue weighted by Gasteiger charge is 2.06. The maximum absolute atomic E-state index is 11.0. The Morgan fingerprint density at radius 1 is 1.40 bits per heavy atom. The summed E-state index contributed by atoms with van der Waals surface area (Å²) in [4.78, 5) is 11.0. The molecule has 112 valence electrons. The molecule has 1 unspecified atom stereocenters. The summed E-state index contributed by atoms with van der Waals surface area (Å²) >= 11 is 0. The molecular weight excluding hydrogens is 260 g/mol. The summed E-state index contributed by atoms with van der Waals surface area (Å²) in [6.07, 6.45) is -0.245. The first-order chi connectivity index (χ1) is 9.65. The average molecular weight is 282 g/mol. The number of amides is 1. The quantitative estimate of drug-likeness (QED) is 0.562. The van der Waals surface area contributed by atoms with Crippen LogP contribution in [-0.2, 0) is 4.79 Å². The van der Waals surface area contributed by atoms with Crippen molar-refractivity contribution < 1.29 is 19.4 Å². The summed E-state index contributed by atoms with van der Waals surface area (Å²) in [6.45, 7) is 1.08. The Hall–Kier alpha value is -1.79. The Morgan fingerprint density at radius 3 is 2.85 bits per heavy atom. The Labute approximate surface area is 119 Å². The third-order valence-corrected chi connectivity index (χ3v) is 2.67. The number of rotatable bonds is 9. The third kappa shape index (κ3) is 6.40. The van der Waals surface area contributed by atoms with Gasteiger partial charge in [-0.15, -0.1) is 0 Å². The van der Waals surface area contributed by atoms with Crippen LogP contribution in [0.1, 0.15) is 6.42 Å². The van der Waals surface area contributed by atoms with Gasteiger partial charge in [0.05, 0.1) is 7.11 Å². The van der Waals surface area contributed by atoms with Gasteiger partial charge < -0.3 is 25.2 Å². The van der Waals surface area contributed by atoms with E-state index in [1.165, 1.54) is 0 Å². The molecule has 0 spiro atoms. The van der Waals surface area contributed by atoms with Crippen molar-refractivity contribution in [3.05, 3.63) is 24.3 Å². The lowest BCUT2D eigenvalue weighted by Crippen LogP contribution is -2.33. The van der Waals surface area contributed by atoms with Crippen LogP contribution in [0.5, 0.6) is 11.5 Å². The van der Waals surface area contributed by atoms with E-state index in [4.69, 9.17) is 9.47 Å². The van der Waals surface area contributed by atoms with Gasteiger partial charge in [0.25, 0.3) is 0 Å². The Kier molecular flexibility index (Phi) is 7.46. The van der Waals surface area contributed by atoms with Crippen LogP contribution in [0.2, 0.25) is 0 Å². The van der Waals surface area contributed by atoms with Gasteiger partial charge in [0.1, 0.15) is 24.2 Å². The molecule has 0 aromatic heterocycles. The fourth-order valence-electron chi connectivity index (χ4n) is 1.54. The van der Waals surface area contributed by atoms with Crippen molar-refractivity contribution in [1.29, 1.82) is 0 Å². The van der Waals surface area contributed by atoms with E-state index < -0.39 is 6.10 Å². The van der Waals surface area contributed by atoms with Crippen molar-refractivity contribution in [2.75, 3.05) is 33.9 Å². The first kappa shape index (κ1) is 16.3. The second kappa shape index (κ2) is 9.17. The number of hydrogen-bond donors (Lipinski definition) is 3. The molecule has 1 rings (SSSR count). The van der Waals surface area contributed by atoms with E-state index in [1.54, 1.807) is 26.3 Å². The van der Waals surface area contributed by atoms with Gasteiger partial charge in [0.2, 0.25) is 5.91 Å². The molecular formula is C14H22N2O4. The zero-order chi connectivity index (χ0) is 14.8. The number of carbonyl (C=O) groups is 1. The van der Waals surface area contributed by atoms with Gasteiger partial charge in [0.15, 0.2) is 0 Å². The summed E-state index contributed by atoms with van der Waals surface area (Å²) < 4.78 is 10.5. The molecule has 0 heterocycles. The Balaban J connectivity index is 2.19. The number of carbonyl (C=O) groups excluding carboxylic acids is 1. The van der Waals surface area contributed by atoms with Crippen LogP contribution in [0.4, 0.5) is 0 Å². The van der Waals surface area contributed by atoms with Gasteiger partial charge in [-0.25, -0.2) is 0 Å². The molecule has 0 fully saturated rings. The van der Waals surface area contributed by atoms with Crippen molar-refractivity contribution in [3.63, 3.8) is 0 Å². The molecule has 6 heteroatoms. The largest absolute Gasteiger partial charge is 0.497 e. The maximum atomic E-state index is 11.0. The highest BCUT2D eigenvalue weighted by molar-refractivity contribution is 5.75. The van der Waals surface area contributed by atoms with E-state index in [0.717, 1.165) is 0 Å². The molecule has 20 heavy (non-hydrogen) atoms. The zero-order valence-corrected chi connectivity index (χ0v) is 11.9. The molecule has 6 nitrogen and oxygen atoms in total. The third-order valence-electron chi connectivity index (χ3n) is 2.67. The fraction of sp³-hybridized carbons (Fsp3) is 0.500. The molecule has 0 radical (unpaired) electrons. The minimum absolute atomic E-state index is 0.0281. The topological polar surface area (TPSA) is 79.8 Å². The van der Waals surface area contributed by atoms with Gasteiger partial charge in [-0.3, -0.25) is 4.79 Å². The highest BCUT2D eigenvalue weighted by atomic mass is 16.5. The van der Waals surface area contributed by atoms with Crippen molar-refractivity contribution in [3.8, 4) is 11.5 Å². The molecule has 1 aromatic carbocycles. The van der Waals surface area contributed by atoms with Gasteiger partial charge in [-0.2, -0.15) is 0 Å². The van der Waals surface area contributed by atoms with Crippen molar-refractivity contribution in [1.82, 2.24) is 10.6 Å². The highest BCUT2D eigenvalue weighted by Crippen LogP contribution is 2.18. The molecule has 0 aliphatic rings. The van der Waals surface area contributed by atoms with Gasteiger partial charge in [-0.05, 0) is 12.1 Å². The first-order valence-corrected chi connectivity index (χ1v) is 6.52.